The number of benzene rings is 1. The highest BCUT2D eigenvalue weighted by atomic mass is 16.5. The number of hydrogen-bond acceptors (Lipinski definition) is 12. The van der Waals surface area contributed by atoms with Crippen molar-refractivity contribution in [2.75, 3.05) is 72.6 Å². The van der Waals surface area contributed by atoms with Gasteiger partial charge in [0.15, 0.2) is 0 Å². The van der Waals surface area contributed by atoms with Crippen molar-refractivity contribution in [2.45, 2.75) is 117 Å². The first kappa shape index (κ1) is 53.8. The van der Waals surface area contributed by atoms with Gasteiger partial charge in [-0.05, 0) is 69.7 Å². The van der Waals surface area contributed by atoms with Gasteiger partial charge < -0.3 is 44.5 Å². The molecule has 0 fully saturated rings. The van der Waals surface area contributed by atoms with E-state index in [-0.39, 0.29) is 119 Å². The van der Waals surface area contributed by atoms with Crippen LogP contribution in [-0.4, -0.2) is 124 Å². The fraction of sp³-hybridized carbons (Fsp3) is 0.705. The summed E-state index contributed by atoms with van der Waals surface area (Å²) in [6.07, 6.45) is 10.3. The number of carbonyl (C=O) groups excluding carboxylic acids is 5. The first-order valence-corrected chi connectivity index (χ1v) is 21.5. The molecule has 0 aromatic heterocycles. The Bertz CT molecular complexity index is 1390. The number of carboxylic acid groups (broad SMARTS) is 2. The molecule has 340 valence electrons. The predicted molar refractivity (Wildman–Crippen MR) is 223 cm³/mol. The molecule has 0 spiro atoms. The molecule has 1 aromatic rings. The average molecular weight is 851 g/mol. The summed E-state index contributed by atoms with van der Waals surface area (Å²) in [5.41, 5.74) is 0.221. The first-order valence-electron chi connectivity index (χ1n) is 21.5. The zero-order chi connectivity index (χ0) is 44.2. The lowest BCUT2D eigenvalue weighted by Gasteiger charge is -2.11. The third-order valence-electron chi connectivity index (χ3n) is 9.67. The minimum Gasteiger partial charge on any atom is -0.494 e. The molecular formula is C44H70N2O14. The summed E-state index contributed by atoms with van der Waals surface area (Å²) in [7, 11) is 0. The second kappa shape index (κ2) is 35.5. The number of aromatic carboxylic acids is 1. The number of ether oxygens (including phenoxy) is 5. The summed E-state index contributed by atoms with van der Waals surface area (Å²) in [6, 6.07) is 6.33. The minimum absolute atomic E-state index is 0.0480. The highest BCUT2D eigenvalue weighted by molar-refractivity contribution is 5.87. The zero-order valence-electron chi connectivity index (χ0n) is 35.8. The second-order valence-electron chi connectivity index (χ2n) is 14.9. The lowest BCUT2D eigenvalue weighted by atomic mass is 9.93. The number of nitrogens with one attached hydrogen (secondary N) is 2. The number of Topliss-reactive ketones (excluding diaryl/α,β-unsaturated/α-hetero) is 3. The number of ketones is 3. The quantitative estimate of drug-likeness (QED) is 0.0608. The van der Waals surface area contributed by atoms with Crippen LogP contribution >= 0.6 is 0 Å². The third-order valence-corrected chi connectivity index (χ3v) is 9.67. The van der Waals surface area contributed by atoms with E-state index in [1.54, 1.807) is 19.1 Å². The number of amides is 2. The van der Waals surface area contributed by atoms with Crippen molar-refractivity contribution >= 4 is 41.1 Å². The Kier molecular flexibility index (Phi) is 31.8. The van der Waals surface area contributed by atoms with Gasteiger partial charge >= 0.3 is 11.9 Å². The number of unbranched alkanes of at least 4 members (excludes halogenated alkanes) is 7. The van der Waals surface area contributed by atoms with E-state index in [4.69, 9.17) is 28.8 Å². The third kappa shape index (κ3) is 30.7. The van der Waals surface area contributed by atoms with Gasteiger partial charge in [0, 0.05) is 51.3 Å². The van der Waals surface area contributed by atoms with Gasteiger partial charge in [-0.2, -0.15) is 0 Å². The van der Waals surface area contributed by atoms with E-state index in [1.165, 1.54) is 12.1 Å². The highest BCUT2D eigenvalue weighted by Crippen LogP contribution is 2.18. The van der Waals surface area contributed by atoms with Crippen LogP contribution in [0.4, 0.5) is 0 Å². The average Bonchev–Trinajstić information content (AvgIpc) is 3.21. The van der Waals surface area contributed by atoms with Crippen molar-refractivity contribution in [2.24, 2.45) is 11.8 Å². The van der Waals surface area contributed by atoms with Crippen molar-refractivity contribution < 1.29 is 67.5 Å². The maximum atomic E-state index is 12.4. The number of carboxylic acids is 2. The molecule has 0 aliphatic heterocycles. The Morgan fingerprint density at radius 3 is 1.75 bits per heavy atom. The summed E-state index contributed by atoms with van der Waals surface area (Å²) in [6.45, 7) is 6.23. The van der Waals surface area contributed by atoms with E-state index in [2.05, 4.69) is 10.6 Å². The molecule has 0 saturated carbocycles. The van der Waals surface area contributed by atoms with Gasteiger partial charge in [0.25, 0.3) is 0 Å². The molecule has 0 aliphatic rings. The Morgan fingerprint density at radius 1 is 0.567 bits per heavy atom. The van der Waals surface area contributed by atoms with Gasteiger partial charge in [-0.25, -0.2) is 4.79 Å². The topological polar surface area (TPSA) is 230 Å². The van der Waals surface area contributed by atoms with Crippen LogP contribution in [0.2, 0.25) is 0 Å². The van der Waals surface area contributed by atoms with Crippen molar-refractivity contribution in [3.05, 3.63) is 29.8 Å². The van der Waals surface area contributed by atoms with Crippen molar-refractivity contribution in [3.63, 3.8) is 0 Å². The molecule has 4 N–H and O–H groups in total. The standard InChI is InChI=1S/C44H70N2O14/c1-34(35(2)47)13-9-10-22-45-41(50)32-59-30-28-57-26-23-46-42(51)33-58-29-27-56-24-12-15-38(48)19-16-37(44(54)55)31-39(49)14-8-6-4-3-5-7-11-25-60-40-20-17-36(18-21-40)43(52)53/h17-18,20-21,34,37H,3-16,19,22-33H2,1-2H3,(H,45,50)(H,46,51)(H,52,53)(H,54,55)/t34-,37+/m0/s1. The summed E-state index contributed by atoms with van der Waals surface area (Å²) >= 11 is 0. The Morgan fingerprint density at radius 2 is 1.13 bits per heavy atom. The van der Waals surface area contributed by atoms with Crippen LogP contribution in [0.5, 0.6) is 5.75 Å². The lowest BCUT2D eigenvalue weighted by Crippen LogP contribution is -2.31. The first-order chi connectivity index (χ1) is 28.9. The molecule has 2 atom stereocenters. The molecule has 16 nitrogen and oxygen atoms in total. The number of hydrogen-bond donors (Lipinski definition) is 4. The lowest BCUT2D eigenvalue weighted by molar-refractivity contribution is -0.144. The smallest absolute Gasteiger partial charge is 0.335 e. The summed E-state index contributed by atoms with van der Waals surface area (Å²) < 4.78 is 27.1. The van der Waals surface area contributed by atoms with Crippen molar-refractivity contribution in [3.8, 4) is 5.75 Å². The van der Waals surface area contributed by atoms with Crippen LogP contribution in [0, 0.1) is 11.8 Å². The fourth-order valence-corrected chi connectivity index (χ4v) is 5.85. The molecule has 0 heterocycles. The second-order valence-corrected chi connectivity index (χ2v) is 14.9. The summed E-state index contributed by atoms with van der Waals surface area (Å²) in [5, 5.41) is 24.0. The van der Waals surface area contributed by atoms with Crippen LogP contribution in [0.1, 0.15) is 127 Å². The molecule has 16 heteroatoms. The summed E-state index contributed by atoms with van der Waals surface area (Å²) in [5.74, 6) is -2.72. The number of rotatable bonds is 41. The minimum atomic E-state index is -1.07. The van der Waals surface area contributed by atoms with E-state index in [9.17, 15) is 38.7 Å². The molecule has 60 heavy (non-hydrogen) atoms. The van der Waals surface area contributed by atoms with Gasteiger partial charge in [-0.3, -0.25) is 28.8 Å². The Hall–Kier alpha value is -4.25. The van der Waals surface area contributed by atoms with Crippen LogP contribution in [0.25, 0.3) is 0 Å². The van der Waals surface area contributed by atoms with Gasteiger partial charge in [0.1, 0.15) is 36.3 Å². The number of aliphatic carboxylic acids is 1. The Balaban J connectivity index is 1.93. The normalized spacial score (nSPS) is 12.0. The molecule has 1 aromatic carbocycles. The maximum Gasteiger partial charge on any atom is 0.335 e. The van der Waals surface area contributed by atoms with E-state index in [1.807, 2.05) is 6.92 Å². The summed E-state index contributed by atoms with van der Waals surface area (Å²) in [4.78, 5) is 82.3. The molecule has 0 saturated heterocycles. The van der Waals surface area contributed by atoms with Crippen LogP contribution in [0.3, 0.4) is 0 Å². The molecule has 0 bridgehead atoms. The largest absolute Gasteiger partial charge is 0.494 e. The van der Waals surface area contributed by atoms with Crippen molar-refractivity contribution in [1.82, 2.24) is 10.6 Å². The zero-order valence-corrected chi connectivity index (χ0v) is 35.8. The van der Waals surface area contributed by atoms with Gasteiger partial charge in [-0.15, -0.1) is 0 Å². The van der Waals surface area contributed by atoms with E-state index < -0.39 is 17.9 Å². The SMILES string of the molecule is CC(=O)[C@@H](C)CCCCNC(=O)COCCOCCNC(=O)COCCOCCCC(=O)CC[C@H](CC(=O)CCCCCCCCCOc1ccc(C(=O)O)cc1)C(=O)O. The van der Waals surface area contributed by atoms with E-state index >= 15 is 0 Å². The molecule has 1 rings (SSSR count). The number of carbonyl (C=O) groups is 7. The molecule has 0 radical (unpaired) electrons. The van der Waals surface area contributed by atoms with E-state index in [0.717, 1.165) is 57.8 Å². The van der Waals surface area contributed by atoms with Gasteiger partial charge in [-0.1, -0.05) is 45.4 Å². The molecule has 2 amide bonds. The van der Waals surface area contributed by atoms with Crippen LogP contribution in [-0.2, 0) is 47.7 Å². The van der Waals surface area contributed by atoms with Crippen LogP contribution in [0.15, 0.2) is 24.3 Å². The predicted octanol–water partition coefficient (Wildman–Crippen LogP) is 5.37. The van der Waals surface area contributed by atoms with E-state index in [0.29, 0.717) is 44.8 Å². The Labute approximate surface area is 355 Å². The molecular weight excluding hydrogens is 780 g/mol. The monoisotopic (exact) mass is 850 g/mol. The fourth-order valence-electron chi connectivity index (χ4n) is 5.85. The van der Waals surface area contributed by atoms with Crippen molar-refractivity contribution in [1.29, 1.82) is 0 Å². The van der Waals surface area contributed by atoms with Crippen LogP contribution < -0.4 is 15.4 Å². The van der Waals surface area contributed by atoms with Gasteiger partial charge in [0.2, 0.25) is 11.8 Å². The molecule has 0 aliphatic carbocycles. The highest BCUT2D eigenvalue weighted by Gasteiger charge is 2.22. The maximum absolute atomic E-state index is 12.4. The van der Waals surface area contributed by atoms with Gasteiger partial charge in [0.05, 0.1) is 51.1 Å². The molecule has 0 unspecified atom stereocenters.